The van der Waals surface area contributed by atoms with Crippen LogP contribution in [0.1, 0.15) is 23.5 Å². The van der Waals surface area contributed by atoms with Crippen molar-refractivity contribution in [2.45, 2.75) is 44.2 Å². The van der Waals surface area contributed by atoms with Gasteiger partial charge in [-0.15, -0.1) is 0 Å². The Morgan fingerprint density at radius 1 is 1.35 bits per heavy atom. The number of rotatable bonds is 4. The molecule has 0 aliphatic carbocycles. The molecule has 0 radical (unpaired) electrons. The second kappa shape index (κ2) is 5.98. The summed E-state index contributed by atoms with van der Waals surface area (Å²) in [5, 5.41) is 0. The summed E-state index contributed by atoms with van der Waals surface area (Å²) in [6, 6.07) is 4.86. The van der Waals surface area contributed by atoms with Gasteiger partial charge in [-0.3, -0.25) is 0 Å². The molecule has 1 aromatic heterocycles. The van der Waals surface area contributed by atoms with Gasteiger partial charge in [0.25, 0.3) is 0 Å². The molecular formula is C16H21N3O3S. The van der Waals surface area contributed by atoms with Crippen molar-refractivity contribution >= 4 is 10.0 Å². The van der Waals surface area contributed by atoms with Crippen molar-refractivity contribution in [3.63, 3.8) is 0 Å². The van der Waals surface area contributed by atoms with Crippen molar-refractivity contribution < 1.29 is 13.2 Å². The maximum absolute atomic E-state index is 12.7. The van der Waals surface area contributed by atoms with Gasteiger partial charge in [-0.25, -0.2) is 18.1 Å². The van der Waals surface area contributed by atoms with Gasteiger partial charge in [0.15, 0.2) is 0 Å². The molecule has 1 aromatic carbocycles. The summed E-state index contributed by atoms with van der Waals surface area (Å²) in [5.41, 5.74) is 1.64. The number of methoxy groups -OCH3 is 1. The first-order chi connectivity index (χ1) is 10.9. The number of hydrogen-bond donors (Lipinski definition) is 1. The largest absolute Gasteiger partial charge is 0.497 e. The molecule has 0 spiro atoms. The summed E-state index contributed by atoms with van der Waals surface area (Å²) in [6.45, 7) is 4.34. The fourth-order valence-electron chi connectivity index (χ4n) is 3.02. The van der Waals surface area contributed by atoms with Crippen molar-refractivity contribution in [2.24, 2.45) is 0 Å². The first-order valence-corrected chi connectivity index (χ1v) is 9.07. The quantitative estimate of drug-likeness (QED) is 0.925. The molecule has 0 saturated heterocycles. The zero-order chi connectivity index (χ0) is 16.6. The molecule has 0 saturated carbocycles. The van der Waals surface area contributed by atoms with Gasteiger partial charge in [0, 0.05) is 25.2 Å². The fourth-order valence-corrected chi connectivity index (χ4v) is 4.50. The molecule has 7 heteroatoms. The second-order valence-corrected chi connectivity index (χ2v) is 7.62. The van der Waals surface area contributed by atoms with Crippen molar-refractivity contribution in [1.82, 2.24) is 14.3 Å². The Labute approximate surface area is 136 Å². The number of nitrogens with zero attached hydrogens (tertiary/aromatic N) is 2. The van der Waals surface area contributed by atoms with E-state index in [0.717, 1.165) is 24.4 Å². The van der Waals surface area contributed by atoms with Crippen molar-refractivity contribution in [1.29, 1.82) is 0 Å². The van der Waals surface area contributed by atoms with Crippen LogP contribution >= 0.6 is 0 Å². The molecule has 1 aliphatic rings. The van der Waals surface area contributed by atoms with E-state index in [0.29, 0.717) is 22.8 Å². The number of imidazole rings is 1. The first-order valence-electron chi connectivity index (χ1n) is 7.58. The lowest BCUT2D eigenvalue weighted by atomic mass is 10.1. The predicted octanol–water partition coefficient (Wildman–Crippen LogP) is 1.80. The topological polar surface area (TPSA) is 73.2 Å². The zero-order valence-corrected chi connectivity index (χ0v) is 14.4. The minimum absolute atomic E-state index is 0.123. The Bertz CT molecular complexity index is 827. The van der Waals surface area contributed by atoms with E-state index in [4.69, 9.17) is 4.74 Å². The molecule has 0 unspecified atom stereocenters. The minimum Gasteiger partial charge on any atom is -0.497 e. The number of fused-ring (bicyclic) bond motifs is 1. The van der Waals surface area contributed by atoms with E-state index in [1.165, 1.54) is 0 Å². The Hall–Kier alpha value is -1.86. The van der Waals surface area contributed by atoms with E-state index < -0.39 is 10.0 Å². The molecule has 0 fully saturated rings. The van der Waals surface area contributed by atoms with Gasteiger partial charge in [0.1, 0.15) is 11.6 Å². The zero-order valence-electron chi connectivity index (χ0n) is 13.5. The molecule has 23 heavy (non-hydrogen) atoms. The third kappa shape index (κ3) is 3.25. The van der Waals surface area contributed by atoms with E-state index in [1.807, 2.05) is 17.7 Å². The van der Waals surface area contributed by atoms with E-state index >= 15 is 0 Å². The lowest BCUT2D eigenvalue weighted by Crippen LogP contribution is -2.41. The molecule has 3 rings (SSSR count). The van der Waals surface area contributed by atoms with Gasteiger partial charge < -0.3 is 9.30 Å². The van der Waals surface area contributed by atoms with Crippen molar-refractivity contribution in [2.75, 3.05) is 7.11 Å². The lowest BCUT2D eigenvalue weighted by Gasteiger charge is -2.25. The molecular weight excluding hydrogens is 314 g/mol. The van der Waals surface area contributed by atoms with Gasteiger partial charge >= 0.3 is 0 Å². The molecule has 6 nitrogen and oxygen atoms in total. The maximum Gasteiger partial charge on any atom is 0.241 e. The van der Waals surface area contributed by atoms with Crippen molar-refractivity contribution in [3.05, 3.63) is 41.5 Å². The van der Waals surface area contributed by atoms with Crippen LogP contribution < -0.4 is 9.46 Å². The van der Waals surface area contributed by atoms with Gasteiger partial charge in [-0.2, -0.15) is 0 Å². The normalized spacial score (nSPS) is 17.8. The highest BCUT2D eigenvalue weighted by molar-refractivity contribution is 7.89. The number of aryl methyl sites for hydroxylation is 3. The Morgan fingerprint density at radius 3 is 2.83 bits per heavy atom. The molecule has 124 valence electrons. The highest BCUT2D eigenvalue weighted by Crippen LogP contribution is 2.22. The summed E-state index contributed by atoms with van der Waals surface area (Å²) < 4.78 is 35.3. The molecule has 1 atom stereocenters. The van der Waals surface area contributed by atoms with Gasteiger partial charge in [-0.1, -0.05) is 0 Å². The highest BCUT2D eigenvalue weighted by atomic mass is 32.2. The second-order valence-electron chi connectivity index (χ2n) is 5.94. The number of ether oxygens (including phenoxy) is 1. The summed E-state index contributed by atoms with van der Waals surface area (Å²) >= 11 is 0. The number of hydrogen-bond acceptors (Lipinski definition) is 4. The molecule has 0 amide bonds. The van der Waals surface area contributed by atoms with Crippen LogP contribution in [0.2, 0.25) is 0 Å². The average Bonchev–Trinajstić information content (AvgIpc) is 2.85. The Balaban J connectivity index is 1.79. The SMILES string of the molecule is COc1ccc(S(=O)(=O)N[C@H]2CCc3nc(C)cn3C2)c(C)c1. The van der Waals surface area contributed by atoms with Crippen LogP contribution in [0.25, 0.3) is 0 Å². The molecule has 1 aliphatic heterocycles. The van der Waals surface area contributed by atoms with Crippen LogP contribution in [-0.2, 0) is 23.0 Å². The number of sulfonamides is 1. The maximum atomic E-state index is 12.7. The predicted molar refractivity (Wildman–Crippen MR) is 87.1 cm³/mol. The van der Waals surface area contributed by atoms with E-state index in [9.17, 15) is 8.42 Å². The standard InChI is InChI=1S/C16H21N3O3S/c1-11-8-14(22-3)5-6-15(11)23(20,21)18-13-4-7-16-17-12(2)9-19(16)10-13/h5-6,8-9,13,18H,4,7,10H2,1-3H3/t13-/m0/s1. The smallest absolute Gasteiger partial charge is 0.241 e. The fraction of sp³-hybridized carbons (Fsp3) is 0.438. The summed E-state index contributed by atoms with van der Waals surface area (Å²) in [5.74, 6) is 1.68. The number of aromatic nitrogens is 2. The molecule has 0 bridgehead atoms. The van der Waals surface area contributed by atoms with Crippen LogP contribution in [0, 0.1) is 13.8 Å². The Kier molecular flexibility index (Phi) is 4.16. The van der Waals surface area contributed by atoms with Crippen LogP contribution in [-0.4, -0.2) is 31.1 Å². The van der Waals surface area contributed by atoms with Gasteiger partial charge in [-0.05, 0) is 44.0 Å². The summed E-state index contributed by atoms with van der Waals surface area (Å²) in [7, 11) is -1.99. The molecule has 2 heterocycles. The molecule has 2 aromatic rings. The molecule has 1 N–H and O–H groups in total. The number of benzene rings is 1. The van der Waals surface area contributed by atoms with E-state index in [2.05, 4.69) is 9.71 Å². The minimum atomic E-state index is -3.55. The van der Waals surface area contributed by atoms with E-state index in [1.54, 1.807) is 32.2 Å². The summed E-state index contributed by atoms with van der Waals surface area (Å²) in [6.07, 6.45) is 3.50. The van der Waals surface area contributed by atoms with Gasteiger partial charge in [0.2, 0.25) is 10.0 Å². The van der Waals surface area contributed by atoms with Crippen LogP contribution in [0.15, 0.2) is 29.3 Å². The monoisotopic (exact) mass is 335 g/mol. The third-order valence-corrected chi connectivity index (χ3v) is 5.79. The third-order valence-electron chi connectivity index (χ3n) is 4.11. The first kappa shape index (κ1) is 16.0. The van der Waals surface area contributed by atoms with Crippen LogP contribution in [0.4, 0.5) is 0 Å². The van der Waals surface area contributed by atoms with Crippen molar-refractivity contribution in [3.8, 4) is 5.75 Å². The highest BCUT2D eigenvalue weighted by Gasteiger charge is 2.26. The summed E-state index contributed by atoms with van der Waals surface area (Å²) in [4.78, 5) is 4.74. The van der Waals surface area contributed by atoms with Crippen LogP contribution in [0.5, 0.6) is 5.75 Å². The van der Waals surface area contributed by atoms with E-state index in [-0.39, 0.29) is 6.04 Å². The number of nitrogens with one attached hydrogen (secondary N) is 1. The lowest BCUT2D eigenvalue weighted by molar-refractivity contribution is 0.413. The average molecular weight is 335 g/mol. The Morgan fingerprint density at radius 2 is 2.13 bits per heavy atom. The van der Waals surface area contributed by atoms with Gasteiger partial charge in [0.05, 0.1) is 17.7 Å². The van der Waals surface area contributed by atoms with Crippen LogP contribution in [0.3, 0.4) is 0 Å².